The summed E-state index contributed by atoms with van der Waals surface area (Å²) in [6.45, 7) is 0.320. The Labute approximate surface area is 118 Å². The summed E-state index contributed by atoms with van der Waals surface area (Å²) in [5.74, 6) is -1.32. The molecule has 1 amide bonds. The number of carboxylic acid groups (broad SMARTS) is 1. The molecule has 3 aliphatic rings. The lowest BCUT2D eigenvalue weighted by Crippen LogP contribution is -2.40. The van der Waals surface area contributed by atoms with Crippen LogP contribution in [0.25, 0.3) is 0 Å². The molecule has 0 bridgehead atoms. The average Bonchev–Trinajstić information content (AvgIpc) is 2.36. The van der Waals surface area contributed by atoms with Gasteiger partial charge in [-0.2, -0.15) is 0 Å². The summed E-state index contributed by atoms with van der Waals surface area (Å²) in [4.78, 5) is 22.6. The van der Waals surface area contributed by atoms with Gasteiger partial charge >= 0.3 is 5.97 Å². The van der Waals surface area contributed by atoms with E-state index in [0.717, 1.165) is 10.1 Å². The molecule has 0 fully saturated rings. The van der Waals surface area contributed by atoms with E-state index < -0.39 is 11.4 Å². The van der Waals surface area contributed by atoms with Gasteiger partial charge in [-0.05, 0) is 29.4 Å². The molecule has 1 spiro atoms. The normalized spacial score (nSPS) is 28.2. The number of hydrogen-bond acceptors (Lipinski definition) is 2. The summed E-state index contributed by atoms with van der Waals surface area (Å²) in [5, 5.41) is 13.1. The van der Waals surface area contributed by atoms with Crippen molar-refractivity contribution >= 4 is 27.8 Å². The van der Waals surface area contributed by atoms with E-state index in [4.69, 9.17) is 5.11 Å². The molecule has 1 atom stereocenters. The highest BCUT2D eigenvalue weighted by atomic mass is 79.9. The standard InChI is InChI=1S/C14H9BrNO3/c15-11-1-2-14-7-16-12(17)6-10(14)4-8(13(18)19)3-9(14)5-11/h1-6H,7H2,(H,18,19). The Bertz CT molecular complexity index is 652. The van der Waals surface area contributed by atoms with Crippen LogP contribution in [0.3, 0.4) is 0 Å². The maximum absolute atomic E-state index is 11.4. The molecule has 1 heterocycles. The van der Waals surface area contributed by atoms with Gasteiger partial charge in [0, 0.05) is 10.6 Å². The molecule has 1 aliphatic heterocycles. The molecule has 0 aromatic rings. The third-order valence-corrected chi connectivity index (χ3v) is 3.98. The molecule has 95 valence electrons. The minimum atomic E-state index is -1.00. The fourth-order valence-electron chi connectivity index (χ4n) is 2.49. The van der Waals surface area contributed by atoms with Crippen LogP contribution in [0.1, 0.15) is 0 Å². The monoisotopic (exact) mass is 318 g/mol. The zero-order valence-electron chi connectivity index (χ0n) is 9.76. The van der Waals surface area contributed by atoms with Crippen molar-refractivity contribution in [3.05, 3.63) is 57.7 Å². The molecule has 2 aliphatic carbocycles. The van der Waals surface area contributed by atoms with Gasteiger partial charge in [-0.15, -0.1) is 0 Å². The van der Waals surface area contributed by atoms with E-state index in [9.17, 15) is 9.59 Å². The Kier molecular flexibility index (Phi) is 2.60. The van der Waals surface area contributed by atoms with Crippen LogP contribution in [0, 0.1) is 5.41 Å². The van der Waals surface area contributed by atoms with Crippen molar-refractivity contribution in [3.8, 4) is 0 Å². The van der Waals surface area contributed by atoms with Gasteiger partial charge in [-0.1, -0.05) is 28.1 Å². The Balaban J connectivity index is 2.22. The van der Waals surface area contributed by atoms with Gasteiger partial charge in [-0.25, -0.2) is 10.1 Å². The molecule has 0 aromatic heterocycles. The van der Waals surface area contributed by atoms with Gasteiger partial charge in [0.15, 0.2) is 0 Å². The summed E-state index contributed by atoms with van der Waals surface area (Å²) in [5.41, 5.74) is 1.21. The number of rotatable bonds is 1. The van der Waals surface area contributed by atoms with Crippen LogP contribution in [0.15, 0.2) is 57.7 Å². The molecule has 0 aromatic carbocycles. The zero-order valence-corrected chi connectivity index (χ0v) is 11.3. The summed E-state index contributed by atoms with van der Waals surface area (Å²) in [7, 11) is 0. The maximum Gasteiger partial charge on any atom is 0.335 e. The minimum Gasteiger partial charge on any atom is -0.478 e. The van der Waals surface area contributed by atoms with Gasteiger partial charge < -0.3 is 5.11 Å². The Hall–Kier alpha value is -1.88. The highest BCUT2D eigenvalue weighted by Gasteiger charge is 2.42. The first-order valence-electron chi connectivity index (χ1n) is 5.68. The number of nitrogens with zero attached hydrogens (tertiary/aromatic N) is 1. The van der Waals surface area contributed by atoms with Crippen molar-refractivity contribution in [3.63, 3.8) is 0 Å². The van der Waals surface area contributed by atoms with Gasteiger partial charge in [-0.3, -0.25) is 4.79 Å². The first kappa shape index (κ1) is 12.2. The molecule has 19 heavy (non-hydrogen) atoms. The van der Waals surface area contributed by atoms with E-state index in [1.165, 1.54) is 6.08 Å². The van der Waals surface area contributed by atoms with Gasteiger partial charge in [0.1, 0.15) is 0 Å². The molecule has 1 radical (unpaired) electrons. The second-order valence-corrected chi connectivity index (χ2v) is 5.51. The van der Waals surface area contributed by atoms with Gasteiger partial charge in [0.25, 0.3) is 5.91 Å². The molecular weight excluding hydrogens is 310 g/mol. The number of carbonyl (C=O) groups is 2. The van der Waals surface area contributed by atoms with Crippen LogP contribution in [-0.4, -0.2) is 23.5 Å². The number of amides is 1. The Morgan fingerprint density at radius 3 is 2.74 bits per heavy atom. The van der Waals surface area contributed by atoms with Crippen LogP contribution < -0.4 is 5.32 Å². The fraction of sp³-hybridized carbons (Fsp3) is 0.143. The molecule has 1 unspecified atom stereocenters. The van der Waals surface area contributed by atoms with Crippen LogP contribution in [0.2, 0.25) is 0 Å². The summed E-state index contributed by atoms with van der Waals surface area (Å²) >= 11 is 3.38. The Morgan fingerprint density at radius 2 is 2.00 bits per heavy atom. The first-order valence-corrected chi connectivity index (χ1v) is 6.48. The summed E-state index contributed by atoms with van der Waals surface area (Å²) in [6.07, 6.45) is 10.3. The fourth-order valence-corrected chi connectivity index (χ4v) is 2.87. The average molecular weight is 319 g/mol. The van der Waals surface area contributed by atoms with Crippen molar-refractivity contribution in [1.82, 2.24) is 5.32 Å². The lowest BCUT2D eigenvalue weighted by atomic mass is 9.66. The highest BCUT2D eigenvalue weighted by Crippen LogP contribution is 2.47. The third kappa shape index (κ3) is 1.81. The molecule has 0 saturated heterocycles. The smallest absolute Gasteiger partial charge is 0.335 e. The molecule has 0 saturated carbocycles. The van der Waals surface area contributed by atoms with Crippen LogP contribution >= 0.6 is 15.9 Å². The number of allylic oxidation sites excluding steroid dienone is 4. The number of carbonyl (C=O) groups excluding carboxylic acids is 1. The number of aliphatic carboxylic acids is 1. The largest absolute Gasteiger partial charge is 0.478 e. The molecule has 4 nitrogen and oxygen atoms in total. The predicted octanol–water partition coefficient (Wildman–Crippen LogP) is 1.84. The number of halogens is 1. The van der Waals surface area contributed by atoms with E-state index >= 15 is 0 Å². The third-order valence-electron chi connectivity index (χ3n) is 3.48. The molecule has 1 N–H and O–H groups in total. The highest BCUT2D eigenvalue weighted by molar-refractivity contribution is 9.11. The SMILES string of the molecule is O=C1C=C2C=C(C(=O)O)C=C3C=C(Br)C=CC23C[N]1. The summed E-state index contributed by atoms with van der Waals surface area (Å²) in [6, 6.07) is 0. The van der Waals surface area contributed by atoms with Crippen LogP contribution in [0.4, 0.5) is 0 Å². The van der Waals surface area contributed by atoms with Crippen molar-refractivity contribution < 1.29 is 14.7 Å². The second-order valence-electron chi connectivity index (χ2n) is 4.59. The van der Waals surface area contributed by atoms with Crippen LogP contribution in [-0.2, 0) is 9.59 Å². The summed E-state index contributed by atoms with van der Waals surface area (Å²) < 4.78 is 0.868. The van der Waals surface area contributed by atoms with Crippen molar-refractivity contribution in [2.45, 2.75) is 0 Å². The van der Waals surface area contributed by atoms with E-state index in [-0.39, 0.29) is 11.5 Å². The lowest BCUT2D eigenvalue weighted by Gasteiger charge is -2.39. The molecule has 5 heteroatoms. The number of hydrogen-bond donors (Lipinski definition) is 1. The van der Waals surface area contributed by atoms with E-state index in [0.29, 0.717) is 12.1 Å². The predicted molar refractivity (Wildman–Crippen MR) is 72.5 cm³/mol. The zero-order chi connectivity index (χ0) is 13.6. The van der Waals surface area contributed by atoms with Gasteiger partial charge in [0.2, 0.25) is 0 Å². The second kappa shape index (κ2) is 4.06. The van der Waals surface area contributed by atoms with E-state index in [1.807, 2.05) is 18.2 Å². The van der Waals surface area contributed by atoms with E-state index in [1.54, 1.807) is 12.2 Å². The topological polar surface area (TPSA) is 68.5 Å². The van der Waals surface area contributed by atoms with Crippen molar-refractivity contribution in [1.29, 1.82) is 0 Å². The van der Waals surface area contributed by atoms with E-state index in [2.05, 4.69) is 21.2 Å². The maximum atomic E-state index is 11.4. The minimum absolute atomic E-state index is 0.179. The van der Waals surface area contributed by atoms with Gasteiger partial charge in [0.05, 0.1) is 17.5 Å². The molecular formula is C14H9BrNO3. The Morgan fingerprint density at radius 1 is 1.26 bits per heavy atom. The number of carboxylic acids is 1. The quantitative estimate of drug-likeness (QED) is 0.802. The van der Waals surface area contributed by atoms with Crippen molar-refractivity contribution in [2.75, 3.05) is 6.54 Å². The first-order chi connectivity index (χ1) is 9.01. The molecule has 3 rings (SSSR count). The lowest BCUT2D eigenvalue weighted by molar-refractivity contribution is -0.132. The van der Waals surface area contributed by atoms with Crippen LogP contribution in [0.5, 0.6) is 0 Å². The van der Waals surface area contributed by atoms with Crippen molar-refractivity contribution in [2.24, 2.45) is 5.41 Å².